The van der Waals surface area contributed by atoms with Gasteiger partial charge in [-0.05, 0) is 30.7 Å². The van der Waals surface area contributed by atoms with Gasteiger partial charge in [0.25, 0.3) is 0 Å². The second-order valence-corrected chi connectivity index (χ2v) is 4.15. The molecule has 100 valence electrons. The average Bonchev–Trinajstić information content (AvgIpc) is 2.45. The van der Waals surface area contributed by atoms with E-state index in [0.29, 0.717) is 23.9 Å². The molecule has 0 bridgehead atoms. The zero-order chi connectivity index (χ0) is 13.7. The van der Waals surface area contributed by atoms with E-state index < -0.39 is 0 Å². The molecule has 19 heavy (non-hydrogen) atoms. The van der Waals surface area contributed by atoms with Crippen LogP contribution < -0.4 is 15.2 Å². The maximum atomic E-state index is 5.84. The molecule has 1 aromatic heterocycles. The molecule has 0 radical (unpaired) electrons. The Morgan fingerprint density at radius 1 is 1.21 bits per heavy atom. The van der Waals surface area contributed by atoms with Crippen LogP contribution in [-0.4, -0.2) is 17.1 Å². The van der Waals surface area contributed by atoms with Gasteiger partial charge in [-0.2, -0.15) is 0 Å². The highest BCUT2D eigenvalue weighted by Crippen LogP contribution is 2.30. The zero-order valence-corrected chi connectivity index (χ0v) is 11.0. The van der Waals surface area contributed by atoms with Gasteiger partial charge in [0, 0.05) is 18.4 Å². The lowest BCUT2D eigenvalue weighted by Gasteiger charge is -2.13. The average molecular weight is 259 g/mol. The summed E-state index contributed by atoms with van der Waals surface area (Å²) in [4.78, 5) is 8.20. The van der Waals surface area contributed by atoms with Crippen molar-refractivity contribution in [1.29, 1.82) is 0 Å². The van der Waals surface area contributed by atoms with E-state index >= 15 is 0 Å². The number of methoxy groups -OCH3 is 1. The van der Waals surface area contributed by atoms with Gasteiger partial charge in [0.15, 0.2) is 17.3 Å². The monoisotopic (exact) mass is 259 g/mol. The smallest absolute Gasteiger partial charge is 0.166 e. The van der Waals surface area contributed by atoms with Gasteiger partial charge in [-0.15, -0.1) is 0 Å². The van der Waals surface area contributed by atoms with E-state index in [1.54, 1.807) is 25.6 Å². The van der Waals surface area contributed by atoms with E-state index in [1.165, 1.54) is 0 Å². The highest BCUT2D eigenvalue weighted by atomic mass is 16.5. The zero-order valence-electron chi connectivity index (χ0n) is 11.0. The minimum Gasteiger partial charge on any atom is -0.493 e. The van der Waals surface area contributed by atoms with Crippen molar-refractivity contribution in [3.8, 4) is 11.5 Å². The van der Waals surface area contributed by atoms with Gasteiger partial charge in [-0.1, -0.05) is 6.07 Å². The first-order chi connectivity index (χ1) is 9.20. The Balaban J connectivity index is 2.12. The standard InChI is InChI=1S/C14H17N3O2/c1-10(15)11-4-5-12(13(8-11)18-2)19-9-14-16-6-3-7-17-14/h3-8,10H,9,15H2,1-2H3/t10-/m1/s1. The van der Waals surface area contributed by atoms with Gasteiger partial charge in [0.2, 0.25) is 0 Å². The number of ether oxygens (including phenoxy) is 2. The fourth-order valence-corrected chi connectivity index (χ4v) is 1.63. The minimum atomic E-state index is -0.0413. The van der Waals surface area contributed by atoms with E-state index in [1.807, 2.05) is 25.1 Å². The maximum Gasteiger partial charge on any atom is 0.166 e. The van der Waals surface area contributed by atoms with Crippen LogP contribution in [0.2, 0.25) is 0 Å². The Morgan fingerprint density at radius 3 is 2.58 bits per heavy atom. The summed E-state index contributed by atoms with van der Waals surface area (Å²) in [7, 11) is 1.60. The van der Waals surface area contributed by atoms with Crippen LogP contribution >= 0.6 is 0 Å². The Hall–Kier alpha value is -2.14. The van der Waals surface area contributed by atoms with Gasteiger partial charge >= 0.3 is 0 Å². The summed E-state index contributed by atoms with van der Waals surface area (Å²) in [5, 5.41) is 0. The van der Waals surface area contributed by atoms with Crippen molar-refractivity contribution in [2.24, 2.45) is 5.73 Å². The number of hydrogen-bond acceptors (Lipinski definition) is 5. The molecule has 0 aliphatic heterocycles. The number of benzene rings is 1. The lowest BCUT2D eigenvalue weighted by atomic mass is 10.1. The first kappa shape index (κ1) is 13.3. The lowest BCUT2D eigenvalue weighted by molar-refractivity contribution is 0.276. The molecule has 0 spiro atoms. The van der Waals surface area contributed by atoms with Gasteiger partial charge < -0.3 is 15.2 Å². The molecule has 1 aromatic carbocycles. The molecule has 2 N–H and O–H groups in total. The van der Waals surface area contributed by atoms with Gasteiger partial charge in [-0.3, -0.25) is 0 Å². The third kappa shape index (κ3) is 3.42. The van der Waals surface area contributed by atoms with Crippen LogP contribution in [-0.2, 0) is 6.61 Å². The summed E-state index contributed by atoms with van der Waals surface area (Å²) >= 11 is 0. The van der Waals surface area contributed by atoms with Crippen LogP contribution in [0.15, 0.2) is 36.7 Å². The second-order valence-electron chi connectivity index (χ2n) is 4.15. The summed E-state index contributed by atoms with van der Waals surface area (Å²) in [5.74, 6) is 1.94. The van der Waals surface area contributed by atoms with E-state index in [4.69, 9.17) is 15.2 Å². The Morgan fingerprint density at radius 2 is 1.95 bits per heavy atom. The third-order valence-corrected chi connectivity index (χ3v) is 2.69. The second kappa shape index (κ2) is 6.15. The molecule has 2 rings (SSSR count). The molecule has 2 aromatic rings. The molecule has 1 heterocycles. The molecule has 0 saturated carbocycles. The predicted molar refractivity (Wildman–Crippen MR) is 72.0 cm³/mol. The third-order valence-electron chi connectivity index (χ3n) is 2.69. The first-order valence-electron chi connectivity index (χ1n) is 6.03. The quantitative estimate of drug-likeness (QED) is 0.890. The number of nitrogens with two attached hydrogens (primary N) is 1. The Kier molecular flexibility index (Phi) is 4.30. The molecule has 5 nitrogen and oxygen atoms in total. The fourth-order valence-electron chi connectivity index (χ4n) is 1.63. The normalized spacial score (nSPS) is 11.9. The van der Waals surface area contributed by atoms with Crippen LogP contribution in [0.3, 0.4) is 0 Å². The van der Waals surface area contributed by atoms with Crippen LogP contribution in [0.25, 0.3) is 0 Å². The summed E-state index contributed by atoms with van der Waals surface area (Å²) in [6, 6.07) is 7.38. The van der Waals surface area contributed by atoms with Gasteiger partial charge in [-0.25, -0.2) is 9.97 Å². The van der Waals surface area contributed by atoms with Crippen molar-refractivity contribution in [3.63, 3.8) is 0 Å². The molecular weight excluding hydrogens is 242 g/mol. The molecule has 0 amide bonds. The minimum absolute atomic E-state index is 0.0413. The summed E-state index contributed by atoms with van der Waals surface area (Å²) in [6.45, 7) is 2.22. The molecule has 5 heteroatoms. The summed E-state index contributed by atoms with van der Waals surface area (Å²) in [6.07, 6.45) is 3.37. The largest absolute Gasteiger partial charge is 0.493 e. The summed E-state index contributed by atoms with van der Waals surface area (Å²) < 4.78 is 11.0. The SMILES string of the molecule is COc1cc([C@@H](C)N)ccc1OCc1ncccn1. The van der Waals surface area contributed by atoms with Gasteiger partial charge in [0.05, 0.1) is 7.11 Å². The molecule has 1 atom stereocenters. The number of aromatic nitrogens is 2. The van der Waals surface area contributed by atoms with Crippen LogP contribution in [0.1, 0.15) is 24.4 Å². The van der Waals surface area contributed by atoms with Crippen LogP contribution in [0.5, 0.6) is 11.5 Å². The topological polar surface area (TPSA) is 70.3 Å². The van der Waals surface area contributed by atoms with Crippen molar-refractivity contribution in [2.45, 2.75) is 19.6 Å². The molecule has 0 fully saturated rings. The van der Waals surface area contributed by atoms with Crippen molar-refractivity contribution in [2.75, 3.05) is 7.11 Å². The molecule has 0 saturated heterocycles. The maximum absolute atomic E-state index is 5.84. The highest BCUT2D eigenvalue weighted by molar-refractivity contribution is 5.43. The van der Waals surface area contributed by atoms with Gasteiger partial charge in [0.1, 0.15) is 6.61 Å². The van der Waals surface area contributed by atoms with E-state index in [0.717, 1.165) is 5.56 Å². The Bertz CT molecular complexity index is 529. The van der Waals surface area contributed by atoms with E-state index in [2.05, 4.69) is 9.97 Å². The predicted octanol–water partition coefficient (Wildman–Crippen LogP) is 2.08. The molecule has 0 unspecified atom stereocenters. The summed E-state index contributed by atoms with van der Waals surface area (Å²) in [5.41, 5.74) is 6.84. The Labute approximate surface area is 112 Å². The fraction of sp³-hybridized carbons (Fsp3) is 0.286. The van der Waals surface area contributed by atoms with Crippen molar-refractivity contribution in [3.05, 3.63) is 48.0 Å². The molecule has 0 aliphatic carbocycles. The number of hydrogen-bond donors (Lipinski definition) is 1. The van der Waals surface area contributed by atoms with Crippen LogP contribution in [0.4, 0.5) is 0 Å². The van der Waals surface area contributed by atoms with Crippen molar-refractivity contribution in [1.82, 2.24) is 9.97 Å². The number of rotatable bonds is 5. The van der Waals surface area contributed by atoms with Crippen molar-refractivity contribution < 1.29 is 9.47 Å². The van der Waals surface area contributed by atoms with E-state index in [9.17, 15) is 0 Å². The highest BCUT2D eigenvalue weighted by Gasteiger charge is 2.08. The van der Waals surface area contributed by atoms with Crippen molar-refractivity contribution >= 4 is 0 Å². The molecular formula is C14H17N3O2. The lowest BCUT2D eigenvalue weighted by Crippen LogP contribution is -2.06. The van der Waals surface area contributed by atoms with Crippen LogP contribution in [0, 0.1) is 0 Å². The molecule has 0 aliphatic rings. The number of nitrogens with zero attached hydrogens (tertiary/aromatic N) is 2. The first-order valence-corrected chi connectivity index (χ1v) is 6.03. The van der Waals surface area contributed by atoms with E-state index in [-0.39, 0.29) is 6.04 Å².